The van der Waals surface area contributed by atoms with Crippen molar-refractivity contribution < 1.29 is 33.6 Å². The second kappa shape index (κ2) is 8.53. The van der Waals surface area contributed by atoms with Gasteiger partial charge < -0.3 is 21.4 Å². The van der Waals surface area contributed by atoms with E-state index in [1.54, 1.807) is 12.1 Å². The van der Waals surface area contributed by atoms with E-state index in [4.69, 9.17) is 15.6 Å². The Kier molecular flexibility index (Phi) is 7.82. The summed E-state index contributed by atoms with van der Waals surface area (Å²) in [4.78, 5) is 19.6. The Morgan fingerprint density at radius 2 is 1.71 bits per heavy atom. The largest absolute Gasteiger partial charge is 0.542 e. The highest BCUT2D eigenvalue weighted by atomic mass is 32.1. The summed E-state index contributed by atoms with van der Waals surface area (Å²) in [6.07, 6.45) is -4.32. The molecule has 0 fully saturated rings. The average Bonchev–Trinajstić information content (AvgIpc) is 2.38. The van der Waals surface area contributed by atoms with Gasteiger partial charge in [-0.1, -0.05) is 12.1 Å². The molecule has 1 atom stereocenters. The van der Waals surface area contributed by atoms with Crippen LogP contribution in [0.1, 0.15) is 15.9 Å². The highest BCUT2D eigenvalue weighted by Crippen LogP contribution is 2.11. The fourth-order valence-corrected chi connectivity index (χ4v) is 1.33. The van der Waals surface area contributed by atoms with Gasteiger partial charge in [-0.05, 0) is 17.7 Å². The molecule has 0 radical (unpaired) electrons. The topological polar surface area (TPSA) is 111 Å². The van der Waals surface area contributed by atoms with Crippen molar-refractivity contribution in [1.29, 1.82) is 0 Å². The van der Waals surface area contributed by atoms with Gasteiger partial charge in [0, 0.05) is 17.7 Å². The SMILES string of the molecule is NC(=O)c1ccc(CC([NH3+])CS)cc1.O=C([O-])C(F)(F)F. The van der Waals surface area contributed by atoms with E-state index < -0.39 is 18.1 Å². The number of alkyl halides is 3. The lowest BCUT2D eigenvalue weighted by molar-refractivity contribution is -0.411. The first kappa shape index (κ1) is 19.3. The number of carbonyl (C=O) groups is 2. The lowest BCUT2D eigenvalue weighted by Gasteiger charge is -2.05. The molecule has 0 bridgehead atoms. The van der Waals surface area contributed by atoms with E-state index in [2.05, 4.69) is 18.4 Å². The summed E-state index contributed by atoms with van der Waals surface area (Å²) >= 11 is 4.16. The Bertz CT molecular complexity index is 478. The van der Waals surface area contributed by atoms with Crippen molar-refractivity contribution in [2.45, 2.75) is 18.6 Å². The Morgan fingerprint density at radius 1 is 1.29 bits per heavy atom. The zero-order valence-corrected chi connectivity index (χ0v) is 11.8. The van der Waals surface area contributed by atoms with Crippen LogP contribution in [0, 0.1) is 0 Å². The zero-order chi connectivity index (χ0) is 16.6. The van der Waals surface area contributed by atoms with Crippen molar-refractivity contribution >= 4 is 24.5 Å². The zero-order valence-electron chi connectivity index (χ0n) is 10.9. The maximum atomic E-state index is 10.8. The van der Waals surface area contributed by atoms with Crippen LogP contribution in [0.4, 0.5) is 13.2 Å². The van der Waals surface area contributed by atoms with Gasteiger partial charge in [0.25, 0.3) is 0 Å². The first-order chi connectivity index (χ1) is 9.57. The highest BCUT2D eigenvalue weighted by molar-refractivity contribution is 7.80. The van der Waals surface area contributed by atoms with E-state index in [1.165, 1.54) is 0 Å². The van der Waals surface area contributed by atoms with Crippen LogP contribution >= 0.6 is 12.6 Å². The molecular weight excluding hydrogens is 309 g/mol. The summed E-state index contributed by atoms with van der Waals surface area (Å²) in [5.41, 5.74) is 10.8. The minimum absolute atomic E-state index is 0.303. The third kappa shape index (κ3) is 8.20. The van der Waals surface area contributed by atoms with Crippen LogP contribution in [-0.2, 0) is 11.2 Å². The number of carboxylic acids is 1. The number of carbonyl (C=O) groups excluding carboxylic acids is 2. The van der Waals surface area contributed by atoms with Gasteiger partial charge in [0.05, 0.1) is 6.04 Å². The predicted molar refractivity (Wildman–Crippen MR) is 70.3 cm³/mol. The van der Waals surface area contributed by atoms with Gasteiger partial charge in [-0.15, -0.1) is 0 Å². The van der Waals surface area contributed by atoms with Gasteiger partial charge in [0.15, 0.2) is 0 Å². The van der Waals surface area contributed by atoms with E-state index in [-0.39, 0.29) is 0 Å². The van der Waals surface area contributed by atoms with Crippen molar-refractivity contribution in [2.75, 3.05) is 5.75 Å². The number of amides is 1. The molecular formula is C12H15F3N2O3S. The van der Waals surface area contributed by atoms with Crippen LogP contribution in [0.15, 0.2) is 24.3 Å². The van der Waals surface area contributed by atoms with Crippen LogP contribution in [0.25, 0.3) is 0 Å². The fraction of sp³-hybridized carbons (Fsp3) is 0.333. The van der Waals surface area contributed by atoms with Gasteiger partial charge in [-0.25, -0.2) is 0 Å². The lowest BCUT2D eigenvalue weighted by Crippen LogP contribution is -2.63. The standard InChI is InChI=1S/C10H14N2OS.C2HF3O2/c11-9(6-14)5-7-1-3-8(4-2-7)10(12)13;3-2(4,5)1(6)7/h1-4,9,14H,5-6,11H2,(H2,12,13);(H,6,7). The minimum atomic E-state index is -5.19. The van der Waals surface area contributed by atoms with Crippen LogP contribution in [0.5, 0.6) is 0 Å². The van der Waals surface area contributed by atoms with Crippen LogP contribution in [-0.4, -0.2) is 29.8 Å². The summed E-state index contributed by atoms with van der Waals surface area (Å²) in [5, 5.41) is 8.78. The number of nitrogens with two attached hydrogens (primary N) is 1. The van der Waals surface area contributed by atoms with Gasteiger partial charge in [-0.2, -0.15) is 25.8 Å². The summed E-state index contributed by atoms with van der Waals surface area (Å²) < 4.78 is 31.5. The molecule has 0 saturated carbocycles. The molecule has 21 heavy (non-hydrogen) atoms. The van der Waals surface area contributed by atoms with Gasteiger partial charge in [-0.3, -0.25) is 4.79 Å². The second-order valence-corrected chi connectivity index (χ2v) is 4.46. The van der Waals surface area contributed by atoms with E-state index in [0.29, 0.717) is 11.6 Å². The number of quaternary nitrogens is 1. The third-order valence-electron chi connectivity index (χ3n) is 2.25. The first-order valence-corrected chi connectivity index (χ1v) is 6.32. The Hall–Kier alpha value is -1.74. The predicted octanol–water partition coefficient (Wildman–Crippen LogP) is -0.833. The molecule has 1 rings (SSSR count). The number of hydrogen-bond donors (Lipinski definition) is 3. The van der Waals surface area contributed by atoms with Crippen molar-refractivity contribution in [3.63, 3.8) is 0 Å². The minimum Gasteiger partial charge on any atom is -0.542 e. The van der Waals surface area contributed by atoms with Crippen LogP contribution < -0.4 is 16.6 Å². The smallest absolute Gasteiger partial charge is 0.430 e. The van der Waals surface area contributed by atoms with Crippen molar-refractivity contribution in [2.24, 2.45) is 5.73 Å². The highest BCUT2D eigenvalue weighted by Gasteiger charge is 2.28. The number of carboxylic acid groups (broad SMARTS) is 1. The van der Waals surface area contributed by atoms with E-state index in [0.717, 1.165) is 17.7 Å². The molecule has 1 amide bonds. The van der Waals surface area contributed by atoms with E-state index in [9.17, 15) is 18.0 Å². The van der Waals surface area contributed by atoms with Crippen molar-refractivity contribution in [1.82, 2.24) is 0 Å². The molecule has 1 aromatic rings. The van der Waals surface area contributed by atoms with Crippen molar-refractivity contribution in [3.8, 4) is 0 Å². The normalized spacial score (nSPS) is 12.0. The number of thiol groups is 1. The molecule has 118 valence electrons. The van der Waals surface area contributed by atoms with Crippen LogP contribution in [0.2, 0.25) is 0 Å². The Labute approximate surface area is 124 Å². The number of aliphatic carboxylic acids is 1. The molecule has 1 unspecified atom stereocenters. The Morgan fingerprint density at radius 3 is 2.00 bits per heavy atom. The molecule has 5 N–H and O–H groups in total. The van der Waals surface area contributed by atoms with Gasteiger partial charge >= 0.3 is 6.18 Å². The number of benzene rings is 1. The summed E-state index contributed by atoms with van der Waals surface area (Å²) in [6.45, 7) is 0. The molecule has 9 heteroatoms. The maximum absolute atomic E-state index is 10.8. The first-order valence-electron chi connectivity index (χ1n) is 5.68. The summed E-state index contributed by atoms with van der Waals surface area (Å²) in [6, 6.07) is 7.59. The second-order valence-electron chi connectivity index (χ2n) is 4.10. The molecule has 0 aliphatic carbocycles. The van der Waals surface area contributed by atoms with Crippen molar-refractivity contribution in [3.05, 3.63) is 35.4 Å². The molecule has 1 aromatic carbocycles. The molecule has 0 aliphatic rings. The van der Waals surface area contributed by atoms with Gasteiger partial charge in [0.2, 0.25) is 5.91 Å². The Balaban J connectivity index is 0.000000486. The van der Waals surface area contributed by atoms with Gasteiger partial charge in [0.1, 0.15) is 5.97 Å². The number of rotatable bonds is 4. The fourth-order valence-electron chi connectivity index (χ4n) is 1.20. The number of hydrogen-bond acceptors (Lipinski definition) is 4. The van der Waals surface area contributed by atoms with E-state index >= 15 is 0 Å². The average molecular weight is 324 g/mol. The molecule has 0 aromatic heterocycles. The lowest BCUT2D eigenvalue weighted by atomic mass is 10.1. The van der Waals surface area contributed by atoms with E-state index in [1.807, 2.05) is 12.1 Å². The summed E-state index contributed by atoms with van der Waals surface area (Å²) in [7, 11) is 0. The molecule has 0 heterocycles. The molecule has 0 spiro atoms. The number of primary amides is 1. The van der Waals surface area contributed by atoms with Crippen LogP contribution in [0.3, 0.4) is 0 Å². The maximum Gasteiger partial charge on any atom is 0.430 e. The summed E-state index contributed by atoms with van der Waals surface area (Å²) in [5.74, 6) is -2.64. The molecule has 0 saturated heterocycles. The third-order valence-corrected chi connectivity index (χ3v) is 2.77. The quantitative estimate of drug-likeness (QED) is 0.628. The molecule has 0 aliphatic heterocycles. The molecule has 5 nitrogen and oxygen atoms in total. The number of halogens is 3. The monoisotopic (exact) mass is 324 g/mol.